The Labute approximate surface area is 169 Å². The lowest BCUT2D eigenvalue weighted by atomic mass is 10.1. The van der Waals surface area contributed by atoms with Gasteiger partial charge in [0.05, 0.1) is 6.04 Å². The van der Waals surface area contributed by atoms with E-state index in [1.165, 1.54) is 10.9 Å². The monoisotopic (exact) mass is 385 g/mol. The van der Waals surface area contributed by atoms with Gasteiger partial charge >= 0.3 is 0 Å². The number of hydrogen-bond acceptors (Lipinski definition) is 4. The van der Waals surface area contributed by atoms with Crippen molar-refractivity contribution in [1.82, 2.24) is 20.5 Å². The Hall–Kier alpha value is -3.67. The van der Waals surface area contributed by atoms with Crippen LogP contribution in [0.2, 0.25) is 0 Å². The molecule has 3 N–H and O–H groups in total. The van der Waals surface area contributed by atoms with Crippen LogP contribution < -0.4 is 10.6 Å². The predicted molar refractivity (Wildman–Crippen MR) is 115 cm³/mol. The van der Waals surface area contributed by atoms with E-state index in [-0.39, 0.29) is 11.9 Å². The summed E-state index contributed by atoms with van der Waals surface area (Å²) in [7, 11) is 0. The minimum atomic E-state index is -0.237. The Morgan fingerprint density at radius 1 is 1.00 bits per heavy atom. The van der Waals surface area contributed by atoms with Gasteiger partial charge in [-0.3, -0.25) is 4.79 Å². The second kappa shape index (κ2) is 8.56. The third-order valence-corrected chi connectivity index (χ3v) is 4.92. The maximum Gasteiger partial charge on any atom is 0.272 e. The van der Waals surface area contributed by atoms with Crippen LogP contribution in [0.15, 0.2) is 72.9 Å². The van der Waals surface area contributed by atoms with Gasteiger partial charge in [0, 0.05) is 23.6 Å². The zero-order valence-corrected chi connectivity index (χ0v) is 16.2. The number of aromatic amines is 1. The third-order valence-electron chi connectivity index (χ3n) is 4.92. The molecular formula is C23H23N5O. The molecule has 6 nitrogen and oxygen atoms in total. The molecule has 0 aliphatic rings. The van der Waals surface area contributed by atoms with Crippen LogP contribution in [0.3, 0.4) is 0 Å². The van der Waals surface area contributed by atoms with Gasteiger partial charge in [0.15, 0.2) is 5.69 Å². The van der Waals surface area contributed by atoms with Crippen molar-refractivity contribution >= 4 is 22.6 Å². The molecule has 146 valence electrons. The number of fused-ring (bicyclic) bond motifs is 1. The lowest BCUT2D eigenvalue weighted by Gasteiger charge is -2.13. The van der Waals surface area contributed by atoms with Crippen LogP contribution in [-0.2, 0) is 6.42 Å². The van der Waals surface area contributed by atoms with Crippen LogP contribution in [0.4, 0.5) is 5.82 Å². The Balaban J connectivity index is 1.31. The number of carbonyl (C=O) groups is 1. The van der Waals surface area contributed by atoms with Crippen molar-refractivity contribution in [2.24, 2.45) is 0 Å². The average molecular weight is 385 g/mol. The molecule has 1 amide bonds. The summed E-state index contributed by atoms with van der Waals surface area (Å²) in [6.45, 7) is 2.68. The molecule has 0 bridgehead atoms. The van der Waals surface area contributed by atoms with Crippen molar-refractivity contribution in [3.63, 3.8) is 0 Å². The highest BCUT2D eigenvalue weighted by Gasteiger charge is 2.13. The van der Waals surface area contributed by atoms with E-state index in [1.807, 2.05) is 55.6 Å². The molecule has 0 aliphatic carbocycles. The van der Waals surface area contributed by atoms with Gasteiger partial charge in [0.1, 0.15) is 5.82 Å². The third kappa shape index (κ3) is 4.43. The fourth-order valence-electron chi connectivity index (χ4n) is 3.31. The molecule has 0 saturated heterocycles. The van der Waals surface area contributed by atoms with E-state index in [4.69, 9.17) is 0 Å². The molecule has 0 fully saturated rings. The number of anilines is 1. The molecule has 29 heavy (non-hydrogen) atoms. The van der Waals surface area contributed by atoms with Crippen molar-refractivity contribution < 1.29 is 4.79 Å². The van der Waals surface area contributed by atoms with Gasteiger partial charge in [-0.05, 0) is 42.7 Å². The zero-order valence-electron chi connectivity index (χ0n) is 16.2. The number of aromatic nitrogens is 3. The fraction of sp³-hybridized carbons (Fsp3) is 0.174. The molecular weight excluding hydrogens is 362 g/mol. The molecule has 4 aromatic rings. The number of H-pyrrole nitrogens is 1. The number of nitrogens with one attached hydrogen (secondary N) is 3. The molecule has 0 spiro atoms. The Morgan fingerprint density at radius 2 is 1.79 bits per heavy atom. The van der Waals surface area contributed by atoms with Gasteiger partial charge in [-0.25, -0.2) is 0 Å². The van der Waals surface area contributed by atoms with E-state index in [0.717, 1.165) is 24.0 Å². The molecule has 0 radical (unpaired) electrons. The van der Waals surface area contributed by atoms with E-state index in [0.29, 0.717) is 11.5 Å². The Kier molecular flexibility index (Phi) is 5.52. The smallest absolute Gasteiger partial charge is 0.272 e. The minimum absolute atomic E-state index is 0.0977. The topological polar surface area (TPSA) is 82.7 Å². The maximum absolute atomic E-state index is 12.4. The molecule has 2 aromatic carbocycles. The van der Waals surface area contributed by atoms with Crippen LogP contribution in [-0.4, -0.2) is 27.6 Å². The summed E-state index contributed by atoms with van der Waals surface area (Å²) in [5, 5.41) is 15.6. The summed E-state index contributed by atoms with van der Waals surface area (Å²) in [5.74, 6) is 0.414. The van der Waals surface area contributed by atoms with Gasteiger partial charge in [-0.15, -0.1) is 10.2 Å². The summed E-state index contributed by atoms with van der Waals surface area (Å²) in [6, 6.07) is 21.4. The first-order valence-corrected chi connectivity index (χ1v) is 9.69. The first kappa shape index (κ1) is 18.7. The van der Waals surface area contributed by atoms with Gasteiger partial charge < -0.3 is 15.6 Å². The van der Waals surface area contributed by atoms with Crippen molar-refractivity contribution in [2.75, 3.05) is 11.9 Å². The quantitative estimate of drug-likeness (QED) is 0.447. The van der Waals surface area contributed by atoms with Gasteiger partial charge in [-0.2, -0.15) is 0 Å². The lowest BCUT2D eigenvalue weighted by molar-refractivity contribution is 0.0934. The van der Waals surface area contributed by atoms with Crippen LogP contribution in [0.5, 0.6) is 0 Å². The average Bonchev–Trinajstić information content (AvgIpc) is 3.18. The van der Waals surface area contributed by atoms with E-state index >= 15 is 0 Å². The molecule has 2 heterocycles. The van der Waals surface area contributed by atoms with E-state index < -0.39 is 0 Å². The van der Waals surface area contributed by atoms with Crippen molar-refractivity contribution in [3.05, 3.63) is 89.7 Å². The highest BCUT2D eigenvalue weighted by molar-refractivity contribution is 5.92. The summed E-state index contributed by atoms with van der Waals surface area (Å²) < 4.78 is 0. The largest absolute Gasteiger partial charge is 0.368 e. The first-order valence-electron chi connectivity index (χ1n) is 9.69. The summed E-state index contributed by atoms with van der Waals surface area (Å²) in [4.78, 5) is 15.7. The minimum Gasteiger partial charge on any atom is -0.368 e. The van der Waals surface area contributed by atoms with E-state index in [1.54, 1.807) is 12.1 Å². The normalized spacial score (nSPS) is 11.9. The molecule has 1 unspecified atom stereocenters. The lowest BCUT2D eigenvalue weighted by Crippen LogP contribution is -2.27. The molecule has 1 atom stereocenters. The highest BCUT2D eigenvalue weighted by Crippen LogP contribution is 2.18. The van der Waals surface area contributed by atoms with Crippen molar-refractivity contribution in [1.29, 1.82) is 0 Å². The number of rotatable bonds is 7. The number of benzene rings is 2. The van der Waals surface area contributed by atoms with Crippen molar-refractivity contribution in [3.8, 4) is 0 Å². The highest BCUT2D eigenvalue weighted by atomic mass is 16.2. The standard InChI is InChI=1S/C23H23N5O/c1-16(17-7-3-2-4-8-17)26-23(29)21-11-12-22(28-27-21)24-14-13-18-15-25-20-10-6-5-9-19(18)20/h2-12,15-16,25H,13-14H2,1H3,(H,24,28)(H,26,29). The van der Waals surface area contributed by atoms with Crippen LogP contribution >= 0.6 is 0 Å². The predicted octanol–water partition coefficient (Wildman–Crippen LogP) is 4.10. The number of nitrogens with zero attached hydrogens (tertiary/aromatic N) is 2. The molecule has 2 aromatic heterocycles. The summed E-state index contributed by atoms with van der Waals surface area (Å²) in [5.41, 5.74) is 3.74. The number of para-hydroxylation sites is 1. The zero-order chi connectivity index (χ0) is 20.1. The van der Waals surface area contributed by atoms with Crippen LogP contribution in [0.1, 0.15) is 34.6 Å². The second-order valence-corrected chi connectivity index (χ2v) is 6.95. The van der Waals surface area contributed by atoms with Gasteiger partial charge in [0.25, 0.3) is 5.91 Å². The first-order chi connectivity index (χ1) is 14.2. The number of carbonyl (C=O) groups excluding carboxylic acids is 1. The molecule has 0 aliphatic heterocycles. The Morgan fingerprint density at radius 3 is 2.59 bits per heavy atom. The number of amides is 1. The van der Waals surface area contributed by atoms with Crippen molar-refractivity contribution in [2.45, 2.75) is 19.4 Å². The summed E-state index contributed by atoms with van der Waals surface area (Å²) >= 11 is 0. The SMILES string of the molecule is CC(NC(=O)c1ccc(NCCc2c[nH]c3ccccc23)nn1)c1ccccc1. The molecule has 0 saturated carbocycles. The second-order valence-electron chi connectivity index (χ2n) is 6.95. The van der Waals surface area contributed by atoms with Gasteiger partial charge in [-0.1, -0.05) is 48.5 Å². The maximum atomic E-state index is 12.4. The summed E-state index contributed by atoms with van der Waals surface area (Å²) in [6.07, 6.45) is 2.90. The Bertz CT molecular complexity index is 1090. The van der Waals surface area contributed by atoms with E-state index in [2.05, 4.69) is 37.9 Å². The number of hydrogen-bond donors (Lipinski definition) is 3. The van der Waals surface area contributed by atoms with Crippen LogP contribution in [0.25, 0.3) is 10.9 Å². The van der Waals surface area contributed by atoms with E-state index in [9.17, 15) is 4.79 Å². The molecule has 4 rings (SSSR count). The van der Waals surface area contributed by atoms with Crippen LogP contribution in [0, 0.1) is 0 Å². The fourth-order valence-corrected chi connectivity index (χ4v) is 3.31. The van der Waals surface area contributed by atoms with Gasteiger partial charge in [0.2, 0.25) is 0 Å². The molecule has 6 heteroatoms.